The Hall–Kier alpha value is -0.860. The summed E-state index contributed by atoms with van der Waals surface area (Å²) in [6.07, 6.45) is 3.96. The molecule has 2 nitrogen and oxygen atoms in total. The minimum absolute atomic E-state index is 0.00926. The molecular formula is C16H24O2. The van der Waals surface area contributed by atoms with Crippen LogP contribution in [-0.2, 0) is 6.42 Å². The molecule has 0 radical (unpaired) electrons. The molecule has 0 heterocycles. The largest absolute Gasteiger partial charge is 0.393 e. The van der Waals surface area contributed by atoms with Crippen LogP contribution in [0.5, 0.6) is 0 Å². The maximum absolute atomic E-state index is 9.38. The van der Waals surface area contributed by atoms with Gasteiger partial charge < -0.3 is 10.2 Å². The Morgan fingerprint density at radius 1 is 1.00 bits per heavy atom. The van der Waals surface area contributed by atoms with Gasteiger partial charge in [0.05, 0.1) is 12.2 Å². The highest BCUT2D eigenvalue weighted by molar-refractivity contribution is 5.32. The van der Waals surface area contributed by atoms with Crippen molar-refractivity contribution in [2.24, 2.45) is 11.8 Å². The first-order valence-corrected chi connectivity index (χ1v) is 7.03. The van der Waals surface area contributed by atoms with Crippen molar-refractivity contribution in [2.45, 2.75) is 51.7 Å². The first-order chi connectivity index (χ1) is 8.59. The molecule has 2 N–H and O–H groups in total. The fraction of sp³-hybridized carbons (Fsp3) is 0.625. The Bertz CT molecular complexity index is 378. The van der Waals surface area contributed by atoms with E-state index >= 15 is 0 Å². The highest BCUT2D eigenvalue weighted by Gasteiger charge is 2.27. The van der Waals surface area contributed by atoms with E-state index in [1.54, 1.807) is 0 Å². The molecule has 1 saturated carbocycles. The summed E-state index contributed by atoms with van der Waals surface area (Å²) in [5.41, 5.74) is 2.44. The standard InChI is InChI=1S/C9H10O.C7H14O/c10-9-6-5-7-3-1-2-4-8(7)9;1-5-3-4-7(8)6(5)2/h1-4,9-10H,5-6H2;5-8H,3-4H2,1-2H3/t;5-,6+,7+/m.0/s1. The summed E-state index contributed by atoms with van der Waals surface area (Å²) in [5, 5.41) is 18.5. The zero-order chi connectivity index (χ0) is 13.1. The molecule has 0 saturated heterocycles. The summed E-state index contributed by atoms with van der Waals surface area (Å²) in [6, 6.07) is 8.10. The third-order valence-corrected chi connectivity index (χ3v) is 4.52. The summed E-state index contributed by atoms with van der Waals surface area (Å²) in [7, 11) is 0. The normalized spacial score (nSPS) is 33.8. The SMILES string of the molecule is C[C@H]1[C@H](O)CC[C@@H]1C.OC1CCc2ccccc21. The van der Waals surface area contributed by atoms with Crippen LogP contribution >= 0.6 is 0 Å². The van der Waals surface area contributed by atoms with Crippen LogP contribution in [0.25, 0.3) is 0 Å². The van der Waals surface area contributed by atoms with Crippen LogP contribution in [0.3, 0.4) is 0 Å². The smallest absolute Gasteiger partial charge is 0.0795 e. The van der Waals surface area contributed by atoms with Crippen LogP contribution < -0.4 is 0 Å². The van der Waals surface area contributed by atoms with Gasteiger partial charge in [0.25, 0.3) is 0 Å². The Labute approximate surface area is 110 Å². The summed E-state index contributed by atoms with van der Waals surface area (Å²) >= 11 is 0. The zero-order valence-electron chi connectivity index (χ0n) is 11.3. The van der Waals surface area contributed by atoms with Crippen molar-refractivity contribution >= 4 is 0 Å². The molecule has 0 aliphatic heterocycles. The average Bonchev–Trinajstić information content (AvgIpc) is 2.90. The van der Waals surface area contributed by atoms with E-state index in [9.17, 15) is 5.11 Å². The number of rotatable bonds is 0. The van der Waals surface area contributed by atoms with Gasteiger partial charge in [0.2, 0.25) is 0 Å². The molecule has 1 unspecified atom stereocenters. The van der Waals surface area contributed by atoms with Crippen molar-refractivity contribution in [3.8, 4) is 0 Å². The molecule has 1 aromatic rings. The van der Waals surface area contributed by atoms with Gasteiger partial charge in [-0.25, -0.2) is 0 Å². The first kappa shape index (κ1) is 13.6. The molecule has 2 aliphatic rings. The predicted octanol–water partition coefficient (Wildman–Crippen LogP) is 3.08. The lowest BCUT2D eigenvalue weighted by atomic mass is 10.00. The third-order valence-electron chi connectivity index (χ3n) is 4.52. The van der Waals surface area contributed by atoms with E-state index in [4.69, 9.17) is 5.11 Å². The lowest BCUT2D eigenvalue weighted by Gasteiger charge is -2.10. The van der Waals surface area contributed by atoms with E-state index in [1.807, 2.05) is 18.2 Å². The van der Waals surface area contributed by atoms with Crippen molar-refractivity contribution in [2.75, 3.05) is 0 Å². The molecule has 4 atom stereocenters. The second-order valence-electron chi connectivity index (χ2n) is 5.73. The monoisotopic (exact) mass is 248 g/mol. The number of benzene rings is 1. The summed E-state index contributed by atoms with van der Waals surface area (Å²) in [5.74, 6) is 1.28. The molecule has 0 spiro atoms. The topological polar surface area (TPSA) is 40.5 Å². The van der Waals surface area contributed by atoms with E-state index in [1.165, 1.54) is 12.0 Å². The van der Waals surface area contributed by atoms with E-state index in [2.05, 4.69) is 19.9 Å². The van der Waals surface area contributed by atoms with Gasteiger partial charge in [0.1, 0.15) is 0 Å². The van der Waals surface area contributed by atoms with E-state index < -0.39 is 0 Å². The number of hydrogen-bond acceptors (Lipinski definition) is 2. The maximum Gasteiger partial charge on any atom is 0.0795 e. The van der Waals surface area contributed by atoms with Gasteiger partial charge in [-0.05, 0) is 48.6 Å². The van der Waals surface area contributed by atoms with Gasteiger partial charge in [0.15, 0.2) is 0 Å². The van der Waals surface area contributed by atoms with Gasteiger partial charge in [-0.2, -0.15) is 0 Å². The Morgan fingerprint density at radius 2 is 1.72 bits per heavy atom. The van der Waals surface area contributed by atoms with E-state index in [-0.39, 0.29) is 12.2 Å². The highest BCUT2D eigenvalue weighted by atomic mass is 16.3. The number of fused-ring (bicyclic) bond motifs is 1. The van der Waals surface area contributed by atoms with Gasteiger partial charge in [-0.3, -0.25) is 0 Å². The van der Waals surface area contributed by atoms with Gasteiger partial charge in [-0.1, -0.05) is 38.1 Å². The summed E-state index contributed by atoms with van der Waals surface area (Å²) in [6.45, 7) is 4.34. The molecule has 0 aromatic heterocycles. The van der Waals surface area contributed by atoms with Gasteiger partial charge >= 0.3 is 0 Å². The van der Waals surface area contributed by atoms with Crippen molar-refractivity contribution < 1.29 is 10.2 Å². The third kappa shape index (κ3) is 2.93. The number of aryl methyl sites for hydroxylation is 1. The van der Waals surface area contributed by atoms with Crippen LogP contribution in [0.15, 0.2) is 24.3 Å². The molecule has 2 heteroatoms. The van der Waals surface area contributed by atoms with Crippen LogP contribution in [0, 0.1) is 11.8 Å². The quantitative estimate of drug-likeness (QED) is 0.740. The fourth-order valence-electron chi connectivity index (χ4n) is 2.87. The van der Waals surface area contributed by atoms with E-state index in [0.29, 0.717) is 5.92 Å². The molecule has 0 bridgehead atoms. The summed E-state index contributed by atoms with van der Waals surface area (Å²) in [4.78, 5) is 0. The van der Waals surface area contributed by atoms with E-state index in [0.717, 1.165) is 30.7 Å². The lowest BCUT2D eigenvalue weighted by Crippen LogP contribution is -2.12. The minimum Gasteiger partial charge on any atom is -0.393 e. The molecule has 18 heavy (non-hydrogen) atoms. The van der Waals surface area contributed by atoms with Gasteiger partial charge in [0, 0.05) is 0 Å². The second kappa shape index (κ2) is 5.85. The number of hydrogen-bond donors (Lipinski definition) is 2. The molecule has 0 amide bonds. The number of aliphatic hydroxyl groups is 2. The summed E-state index contributed by atoms with van der Waals surface area (Å²) < 4.78 is 0. The van der Waals surface area contributed by atoms with Crippen molar-refractivity contribution in [1.82, 2.24) is 0 Å². The van der Waals surface area contributed by atoms with Crippen LogP contribution in [0.1, 0.15) is 50.3 Å². The zero-order valence-corrected chi connectivity index (χ0v) is 11.3. The Kier molecular flexibility index (Phi) is 4.41. The van der Waals surface area contributed by atoms with Crippen molar-refractivity contribution in [3.05, 3.63) is 35.4 Å². The lowest BCUT2D eigenvalue weighted by molar-refractivity contribution is 0.130. The molecule has 2 aliphatic carbocycles. The van der Waals surface area contributed by atoms with Crippen LogP contribution in [0.4, 0.5) is 0 Å². The molecule has 100 valence electrons. The number of aliphatic hydroxyl groups excluding tert-OH is 2. The first-order valence-electron chi connectivity index (χ1n) is 7.03. The molecule has 1 fully saturated rings. The molecular weight excluding hydrogens is 224 g/mol. The second-order valence-corrected chi connectivity index (χ2v) is 5.73. The molecule has 3 rings (SSSR count). The van der Waals surface area contributed by atoms with Gasteiger partial charge in [-0.15, -0.1) is 0 Å². The highest BCUT2D eigenvalue weighted by Crippen LogP contribution is 2.31. The molecule has 1 aromatic carbocycles. The van der Waals surface area contributed by atoms with Crippen LogP contribution in [0.2, 0.25) is 0 Å². The van der Waals surface area contributed by atoms with Crippen molar-refractivity contribution in [1.29, 1.82) is 0 Å². The Morgan fingerprint density at radius 3 is 2.22 bits per heavy atom. The average molecular weight is 248 g/mol. The predicted molar refractivity (Wildman–Crippen MR) is 73.3 cm³/mol. The Balaban J connectivity index is 0.000000138. The van der Waals surface area contributed by atoms with Crippen LogP contribution in [-0.4, -0.2) is 16.3 Å². The van der Waals surface area contributed by atoms with Crippen molar-refractivity contribution in [3.63, 3.8) is 0 Å². The minimum atomic E-state index is -0.198. The maximum atomic E-state index is 9.38. The fourth-order valence-corrected chi connectivity index (χ4v) is 2.87.